The molecule has 1 fully saturated rings. The Bertz CT molecular complexity index is 1230. The zero-order valence-corrected chi connectivity index (χ0v) is 17.4. The largest absolute Gasteiger partial charge is 0.336 e. The lowest BCUT2D eigenvalue weighted by Crippen LogP contribution is -2.50. The number of carbonyl (C=O) groups excluding carboxylic acids is 2. The molecule has 1 saturated heterocycles. The Hall–Kier alpha value is -3.03. The van der Waals surface area contributed by atoms with Gasteiger partial charge in [-0.2, -0.15) is 4.31 Å². The van der Waals surface area contributed by atoms with Crippen molar-refractivity contribution in [3.05, 3.63) is 77.9 Å². The number of fused-ring (bicyclic) bond motifs is 1. The second-order valence-corrected chi connectivity index (χ2v) is 9.28. The van der Waals surface area contributed by atoms with Crippen molar-refractivity contribution in [3.63, 3.8) is 0 Å². The molecule has 1 heterocycles. The lowest BCUT2D eigenvalue weighted by atomic mass is 10.1. The van der Waals surface area contributed by atoms with E-state index in [1.807, 2.05) is 36.4 Å². The predicted molar refractivity (Wildman–Crippen MR) is 115 cm³/mol. The molecule has 1 aliphatic heterocycles. The van der Waals surface area contributed by atoms with Crippen LogP contribution in [0, 0.1) is 0 Å². The van der Waals surface area contributed by atoms with Crippen LogP contribution in [-0.2, 0) is 10.0 Å². The first-order valence-electron chi connectivity index (χ1n) is 9.75. The molecule has 30 heavy (non-hydrogen) atoms. The van der Waals surface area contributed by atoms with Gasteiger partial charge in [-0.3, -0.25) is 9.59 Å². The van der Waals surface area contributed by atoms with Gasteiger partial charge in [-0.25, -0.2) is 8.42 Å². The van der Waals surface area contributed by atoms with E-state index in [2.05, 4.69) is 0 Å². The summed E-state index contributed by atoms with van der Waals surface area (Å²) in [6.07, 6.45) is 0. The SMILES string of the molecule is CC(=O)c1cccc(S(=O)(=O)N2CCN(C(=O)c3ccc4ccccc4c3)CC2)c1. The molecule has 3 aromatic rings. The Morgan fingerprint density at radius 2 is 1.47 bits per heavy atom. The van der Waals surface area contributed by atoms with Crippen LogP contribution in [0.4, 0.5) is 0 Å². The highest BCUT2D eigenvalue weighted by atomic mass is 32.2. The Balaban J connectivity index is 1.48. The van der Waals surface area contributed by atoms with E-state index in [9.17, 15) is 18.0 Å². The molecule has 0 saturated carbocycles. The summed E-state index contributed by atoms with van der Waals surface area (Å²) in [5, 5.41) is 2.06. The van der Waals surface area contributed by atoms with E-state index in [1.54, 1.807) is 23.1 Å². The van der Waals surface area contributed by atoms with Gasteiger partial charge < -0.3 is 4.90 Å². The van der Waals surface area contributed by atoms with E-state index in [1.165, 1.54) is 23.4 Å². The third-order valence-electron chi connectivity index (χ3n) is 5.40. The molecule has 1 aliphatic rings. The highest BCUT2D eigenvalue weighted by molar-refractivity contribution is 7.89. The Morgan fingerprint density at radius 3 is 2.17 bits per heavy atom. The maximum Gasteiger partial charge on any atom is 0.253 e. The minimum absolute atomic E-state index is 0.101. The van der Waals surface area contributed by atoms with Crippen LogP contribution in [0.3, 0.4) is 0 Å². The monoisotopic (exact) mass is 422 g/mol. The quantitative estimate of drug-likeness (QED) is 0.605. The molecular weight excluding hydrogens is 400 g/mol. The van der Waals surface area contributed by atoms with E-state index in [0.29, 0.717) is 24.2 Å². The second-order valence-electron chi connectivity index (χ2n) is 7.34. The molecule has 154 valence electrons. The van der Waals surface area contributed by atoms with Gasteiger partial charge >= 0.3 is 0 Å². The first-order valence-corrected chi connectivity index (χ1v) is 11.2. The van der Waals surface area contributed by atoms with Crippen LogP contribution >= 0.6 is 0 Å². The van der Waals surface area contributed by atoms with Crippen LogP contribution in [0.5, 0.6) is 0 Å². The summed E-state index contributed by atoms with van der Waals surface area (Å²) in [6, 6.07) is 19.5. The first-order chi connectivity index (χ1) is 14.4. The maximum absolute atomic E-state index is 13.0. The smallest absolute Gasteiger partial charge is 0.253 e. The average Bonchev–Trinajstić information content (AvgIpc) is 2.78. The molecule has 0 aromatic heterocycles. The summed E-state index contributed by atoms with van der Waals surface area (Å²) in [6.45, 7) is 2.47. The second kappa shape index (κ2) is 8.01. The fourth-order valence-corrected chi connectivity index (χ4v) is 5.13. The van der Waals surface area contributed by atoms with Gasteiger partial charge in [0.25, 0.3) is 5.91 Å². The molecule has 7 heteroatoms. The average molecular weight is 423 g/mol. The molecule has 0 atom stereocenters. The molecule has 0 N–H and O–H groups in total. The normalized spacial score (nSPS) is 15.3. The Kier molecular flexibility index (Phi) is 5.40. The summed E-state index contributed by atoms with van der Waals surface area (Å²) < 4.78 is 27.3. The van der Waals surface area contributed by atoms with Gasteiger partial charge in [0.05, 0.1) is 4.90 Å². The van der Waals surface area contributed by atoms with Crippen molar-refractivity contribution in [2.24, 2.45) is 0 Å². The number of sulfonamides is 1. The Morgan fingerprint density at radius 1 is 0.767 bits per heavy atom. The van der Waals surface area contributed by atoms with Gasteiger partial charge in [0.15, 0.2) is 5.78 Å². The predicted octanol–water partition coefficient (Wildman–Crippen LogP) is 3.19. The maximum atomic E-state index is 13.0. The van der Waals surface area contributed by atoms with Gasteiger partial charge in [0.2, 0.25) is 10.0 Å². The van der Waals surface area contributed by atoms with Crippen LogP contribution in [-0.4, -0.2) is 55.5 Å². The minimum Gasteiger partial charge on any atom is -0.336 e. The third kappa shape index (κ3) is 3.86. The van der Waals surface area contributed by atoms with Crippen molar-refractivity contribution in [1.82, 2.24) is 9.21 Å². The number of benzene rings is 3. The van der Waals surface area contributed by atoms with Gasteiger partial charge in [-0.1, -0.05) is 42.5 Å². The van der Waals surface area contributed by atoms with Gasteiger partial charge in [0.1, 0.15) is 0 Å². The van der Waals surface area contributed by atoms with E-state index in [-0.39, 0.29) is 29.7 Å². The Labute approximate surface area is 175 Å². The van der Waals surface area contributed by atoms with Crippen LogP contribution in [0.25, 0.3) is 10.8 Å². The zero-order chi connectivity index (χ0) is 21.3. The summed E-state index contributed by atoms with van der Waals surface area (Å²) in [5.41, 5.74) is 0.959. The molecule has 0 radical (unpaired) electrons. The molecule has 1 amide bonds. The summed E-state index contributed by atoms with van der Waals surface area (Å²) in [4.78, 5) is 26.3. The number of rotatable bonds is 4. The van der Waals surface area contributed by atoms with Crippen molar-refractivity contribution >= 4 is 32.5 Å². The number of hydrogen-bond donors (Lipinski definition) is 0. The molecule has 0 unspecified atom stereocenters. The van der Waals surface area contributed by atoms with Gasteiger partial charge in [-0.05, 0) is 42.0 Å². The molecule has 4 rings (SSSR count). The molecule has 3 aromatic carbocycles. The molecule has 0 aliphatic carbocycles. The first kappa shape index (κ1) is 20.3. The molecule has 6 nitrogen and oxygen atoms in total. The van der Waals surface area contributed by atoms with E-state index in [0.717, 1.165) is 10.8 Å². The standard InChI is InChI=1S/C23H22N2O4S/c1-17(26)19-7-4-8-22(16-19)30(28,29)25-13-11-24(12-14-25)23(27)21-10-9-18-5-2-3-6-20(18)15-21/h2-10,15-16H,11-14H2,1H3. The van der Waals surface area contributed by atoms with E-state index < -0.39 is 10.0 Å². The lowest BCUT2D eigenvalue weighted by Gasteiger charge is -2.34. The van der Waals surface area contributed by atoms with Crippen LogP contribution in [0.1, 0.15) is 27.6 Å². The summed E-state index contributed by atoms with van der Waals surface area (Å²) in [7, 11) is -3.72. The number of nitrogens with zero attached hydrogens (tertiary/aromatic N) is 2. The molecule has 0 bridgehead atoms. The van der Waals surface area contributed by atoms with E-state index in [4.69, 9.17) is 0 Å². The van der Waals surface area contributed by atoms with E-state index >= 15 is 0 Å². The number of piperazine rings is 1. The van der Waals surface area contributed by atoms with Crippen LogP contribution in [0.15, 0.2) is 71.6 Å². The number of hydrogen-bond acceptors (Lipinski definition) is 4. The number of Topliss-reactive ketones (excluding diaryl/α,β-unsaturated/α-hetero) is 1. The summed E-state index contributed by atoms with van der Waals surface area (Å²) >= 11 is 0. The van der Waals surface area contributed by atoms with Crippen LogP contribution in [0.2, 0.25) is 0 Å². The lowest BCUT2D eigenvalue weighted by molar-refractivity contribution is 0.0698. The number of carbonyl (C=O) groups is 2. The van der Waals surface area contributed by atoms with Crippen molar-refractivity contribution in [2.45, 2.75) is 11.8 Å². The third-order valence-corrected chi connectivity index (χ3v) is 7.30. The van der Waals surface area contributed by atoms with Gasteiger partial charge in [0, 0.05) is 37.3 Å². The molecular formula is C23H22N2O4S. The fourth-order valence-electron chi connectivity index (χ4n) is 3.66. The van der Waals surface area contributed by atoms with Crippen molar-refractivity contribution in [2.75, 3.05) is 26.2 Å². The van der Waals surface area contributed by atoms with Crippen molar-refractivity contribution in [1.29, 1.82) is 0 Å². The highest BCUT2D eigenvalue weighted by Gasteiger charge is 2.30. The van der Waals surface area contributed by atoms with Crippen molar-refractivity contribution in [3.8, 4) is 0 Å². The van der Waals surface area contributed by atoms with Crippen molar-refractivity contribution < 1.29 is 18.0 Å². The fraction of sp³-hybridized carbons (Fsp3) is 0.217. The number of amides is 1. The number of ketones is 1. The topological polar surface area (TPSA) is 74.8 Å². The molecule has 0 spiro atoms. The van der Waals surface area contributed by atoms with Gasteiger partial charge in [-0.15, -0.1) is 0 Å². The summed E-state index contributed by atoms with van der Waals surface area (Å²) in [5.74, 6) is -0.283. The van der Waals surface area contributed by atoms with Crippen LogP contribution < -0.4 is 0 Å². The highest BCUT2D eigenvalue weighted by Crippen LogP contribution is 2.21. The minimum atomic E-state index is -3.72. The zero-order valence-electron chi connectivity index (χ0n) is 16.6.